The molecule has 1 aromatic rings. The summed E-state index contributed by atoms with van der Waals surface area (Å²) in [7, 11) is 1.29. The largest absolute Gasteiger partial charge is 0.465 e. The number of benzene rings is 1. The Hall–Kier alpha value is -2.11. The summed E-state index contributed by atoms with van der Waals surface area (Å²) in [5.41, 5.74) is 0.674. The molecule has 108 valence electrons. The fourth-order valence-electron chi connectivity index (χ4n) is 2.55. The number of nitrogens with one attached hydrogen (secondary N) is 1. The molecule has 0 bridgehead atoms. The summed E-state index contributed by atoms with van der Waals surface area (Å²) in [6.07, 6.45) is 4.74. The molecular weight excluding hydrogens is 260 g/mol. The fraction of sp³-hybridized carbons (Fsp3) is 0.500. The first-order valence-corrected chi connectivity index (χ1v) is 6.72. The average Bonchev–Trinajstić information content (AvgIpc) is 2.97. The third-order valence-electron chi connectivity index (χ3n) is 3.67. The number of carbonyl (C=O) groups is 1. The SMILES string of the molecule is COC(=O)c1ccc([N+](=O)[O-])c(NCC2CCCC2)c1. The van der Waals surface area contributed by atoms with Crippen molar-refractivity contribution in [2.24, 2.45) is 5.92 Å². The second-order valence-corrected chi connectivity index (χ2v) is 5.01. The second kappa shape index (κ2) is 6.36. The highest BCUT2D eigenvalue weighted by atomic mass is 16.6. The van der Waals surface area contributed by atoms with Crippen LogP contribution in [0.2, 0.25) is 0 Å². The number of methoxy groups -OCH3 is 1. The van der Waals surface area contributed by atoms with E-state index in [1.807, 2.05) is 0 Å². The van der Waals surface area contributed by atoms with Gasteiger partial charge in [0.15, 0.2) is 0 Å². The van der Waals surface area contributed by atoms with Crippen LogP contribution >= 0.6 is 0 Å². The first-order valence-electron chi connectivity index (χ1n) is 6.72. The number of hydrogen-bond donors (Lipinski definition) is 1. The lowest BCUT2D eigenvalue weighted by molar-refractivity contribution is -0.384. The Bertz CT molecular complexity index is 510. The summed E-state index contributed by atoms with van der Waals surface area (Å²) in [6.45, 7) is 0.700. The molecule has 0 spiro atoms. The molecule has 6 heteroatoms. The van der Waals surface area contributed by atoms with Gasteiger partial charge in [-0.3, -0.25) is 10.1 Å². The van der Waals surface area contributed by atoms with Gasteiger partial charge in [-0.1, -0.05) is 12.8 Å². The van der Waals surface area contributed by atoms with Crippen LogP contribution in [0.15, 0.2) is 18.2 Å². The van der Waals surface area contributed by atoms with E-state index in [0.717, 1.165) is 12.8 Å². The van der Waals surface area contributed by atoms with Gasteiger partial charge in [-0.2, -0.15) is 0 Å². The van der Waals surface area contributed by atoms with Crippen LogP contribution in [-0.2, 0) is 4.74 Å². The van der Waals surface area contributed by atoms with Gasteiger partial charge in [-0.05, 0) is 30.9 Å². The number of nitro benzene ring substituents is 1. The Kier molecular flexibility index (Phi) is 4.55. The van der Waals surface area contributed by atoms with E-state index in [4.69, 9.17) is 0 Å². The summed E-state index contributed by atoms with van der Waals surface area (Å²) in [4.78, 5) is 22.1. The maximum atomic E-state index is 11.5. The van der Waals surface area contributed by atoms with Gasteiger partial charge in [0, 0.05) is 12.6 Å². The first kappa shape index (κ1) is 14.3. The zero-order valence-corrected chi connectivity index (χ0v) is 11.4. The van der Waals surface area contributed by atoms with Gasteiger partial charge in [0.1, 0.15) is 5.69 Å². The van der Waals surface area contributed by atoms with Gasteiger partial charge in [-0.15, -0.1) is 0 Å². The molecule has 0 amide bonds. The standard InChI is InChI=1S/C14H18N2O4/c1-20-14(17)11-6-7-13(16(18)19)12(8-11)15-9-10-4-2-3-5-10/h6-8,10,15H,2-5,9H2,1H3. The molecule has 0 unspecified atom stereocenters. The molecule has 0 aliphatic heterocycles. The average molecular weight is 278 g/mol. The van der Waals surface area contributed by atoms with E-state index in [1.54, 1.807) is 0 Å². The number of hydrogen-bond acceptors (Lipinski definition) is 5. The second-order valence-electron chi connectivity index (χ2n) is 5.01. The maximum Gasteiger partial charge on any atom is 0.337 e. The lowest BCUT2D eigenvalue weighted by atomic mass is 10.1. The summed E-state index contributed by atoms with van der Waals surface area (Å²) in [5, 5.41) is 14.1. The molecule has 1 N–H and O–H groups in total. The predicted molar refractivity (Wildman–Crippen MR) is 74.9 cm³/mol. The number of ether oxygens (including phenoxy) is 1. The third-order valence-corrected chi connectivity index (χ3v) is 3.67. The van der Waals surface area contributed by atoms with Crippen molar-refractivity contribution in [3.63, 3.8) is 0 Å². The summed E-state index contributed by atoms with van der Waals surface area (Å²) in [5.74, 6) is 0.0557. The van der Waals surface area contributed by atoms with Gasteiger partial charge in [0.2, 0.25) is 0 Å². The minimum Gasteiger partial charge on any atom is -0.465 e. The molecule has 0 atom stereocenters. The minimum atomic E-state index is -0.496. The van der Waals surface area contributed by atoms with Gasteiger partial charge in [0.25, 0.3) is 5.69 Å². The minimum absolute atomic E-state index is 0.0179. The van der Waals surface area contributed by atoms with Crippen molar-refractivity contribution in [2.75, 3.05) is 19.0 Å². The molecule has 0 saturated heterocycles. The van der Waals surface area contributed by atoms with Crippen molar-refractivity contribution in [3.05, 3.63) is 33.9 Å². The van der Waals surface area contributed by atoms with Gasteiger partial charge < -0.3 is 10.1 Å². The van der Waals surface area contributed by atoms with E-state index >= 15 is 0 Å². The molecule has 20 heavy (non-hydrogen) atoms. The molecule has 2 rings (SSSR count). The molecule has 1 aliphatic rings. The fourth-order valence-corrected chi connectivity index (χ4v) is 2.55. The zero-order valence-electron chi connectivity index (χ0n) is 11.4. The van der Waals surface area contributed by atoms with Crippen LogP contribution in [0.5, 0.6) is 0 Å². The normalized spacial score (nSPS) is 15.1. The van der Waals surface area contributed by atoms with Gasteiger partial charge >= 0.3 is 5.97 Å². The molecule has 1 aromatic carbocycles. The Morgan fingerprint density at radius 1 is 1.45 bits per heavy atom. The van der Waals surface area contributed by atoms with Crippen molar-refractivity contribution < 1.29 is 14.5 Å². The van der Waals surface area contributed by atoms with Crippen LogP contribution in [0, 0.1) is 16.0 Å². The van der Waals surface area contributed by atoms with Crippen molar-refractivity contribution in [2.45, 2.75) is 25.7 Å². The Morgan fingerprint density at radius 2 is 2.15 bits per heavy atom. The number of rotatable bonds is 5. The van der Waals surface area contributed by atoms with E-state index in [1.165, 1.54) is 38.2 Å². The molecule has 0 aromatic heterocycles. The zero-order chi connectivity index (χ0) is 14.5. The van der Waals surface area contributed by atoms with Gasteiger partial charge in [0.05, 0.1) is 17.6 Å². The number of carbonyl (C=O) groups excluding carboxylic acids is 1. The van der Waals surface area contributed by atoms with Crippen LogP contribution in [0.3, 0.4) is 0 Å². The lowest BCUT2D eigenvalue weighted by Gasteiger charge is -2.12. The topological polar surface area (TPSA) is 81.5 Å². The molecule has 6 nitrogen and oxygen atoms in total. The smallest absolute Gasteiger partial charge is 0.337 e. The highest BCUT2D eigenvalue weighted by Gasteiger charge is 2.19. The van der Waals surface area contributed by atoms with E-state index < -0.39 is 10.9 Å². The van der Waals surface area contributed by atoms with Crippen LogP contribution in [0.25, 0.3) is 0 Å². The first-order chi connectivity index (χ1) is 9.61. The highest BCUT2D eigenvalue weighted by Crippen LogP contribution is 2.29. The van der Waals surface area contributed by atoms with Crippen molar-refractivity contribution in [1.82, 2.24) is 0 Å². The van der Waals surface area contributed by atoms with E-state index in [2.05, 4.69) is 10.1 Å². The molecule has 0 heterocycles. The van der Waals surface area contributed by atoms with E-state index in [0.29, 0.717) is 23.7 Å². The monoisotopic (exact) mass is 278 g/mol. The van der Waals surface area contributed by atoms with E-state index in [-0.39, 0.29) is 5.69 Å². The van der Waals surface area contributed by atoms with Gasteiger partial charge in [-0.25, -0.2) is 4.79 Å². The van der Waals surface area contributed by atoms with Crippen LogP contribution < -0.4 is 5.32 Å². The predicted octanol–water partition coefficient (Wildman–Crippen LogP) is 2.98. The number of nitro groups is 1. The number of nitrogens with zero attached hydrogens (tertiary/aromatic N) is 1. The van der Waals surface area contributed by atoms with Crippen molar-refractivity contribution in [1.29, 1.82) is 0 Å². The Morgan fingerprint density at radius 3 is 2.75 bits per heavy atom. The van der Waals surface area contributed by atoms with Crippen LogP contribution in [0.4, 0.5) is 11.4 Å². The molecule has 1 fully saturated rings. The van der Waals surface area contributed by atoms with E-state index in [9.17, 15) is 14.9 Å². The van der Waals surface area contributed by atoms with Crippen molar-refractivity contribution in [3.8, 4) is 0 Å². The number of anilines is 1. The number of esters is 1. The maximum absolute atomic E-state index is 11.5. The molecular formula is C14H18N2O4. The lowest BCUT2D eigenvalue weighted by Crippen LogP contribution is -2.13. The van der Waals surface area contributed by atoms with Crippen LogP contribution in [-0.4, -0.2) is 24.5 Å². The third kappa shape index (κ3) is 3.26. The summed E-state index contributed by atoms with van der Waals surface area (Å²) < 4.78 is 4.63. The molecule has 0 radical (unpaired) electrons. The Labute approximate surface area is 117 Å². The molecule has 1 saturated carbocycles. The highest BCUT2D eigenvalue weighted by molar-refractivity contribution is 5.91. The Balaban J connectivity index is 2.17. The quantitative estimate of drug-likeness (QED) is 0.508. The molecule has 1 aliphatic carbocycles. The summed E-state index contributed by atoms with van der Waals surface area (Å²) >= 11 is 0. The van der Waals surface area contributed by atoms with Crippen molar-refractivity contribution >= 4 is 17.3 Å². The van der Waals surface area contributed by atoms with Crippen LogP contribution in [0.1, 0.15) is 36.0 Å². The summed E-state index contributed by atoms with van der Waals surface area (Å²) in [6, 6.07) is 4.23.